The number of hydrogen-bond acceptors (Lipinski definition) is 3. The van der Waals surface area contributed by atoms with Crippen molar-refractivity contribution in [2.24, 2.45) is 0 Å². The Morgan fingerprint density at radius 1 is 1.18 bits per heavy atom. The second-order valence-corrected chi connectivity index (χ2v) is 3.75. The quantitative estimate of drug-likeness (QED) is 0.845. The second-order valence-electron chi connectivity index (χ2n) is 3.41. The fraction of sp³-hybridized carbons (Fsp3) is 0.0833. The van der Waals surface area contributed by atoms with E-state index in [0.29, 0.717) is 12.1 Å². The zero-order valence-corrected chi connectivity index (χ0v) is 9.69. The molecule has 2 rings (SSSR count). The Balaban J connectivity index is 1.96. The Morgan fingerprint density at radius 2 is 1.82 bits per heavy atom. The molecule has 1 amide bonds. The molecular formula is C12H10ClN3O. The van der Waals surface area contributed by atoms with E-state index >= 15 is 0 Å². The highest BCUT2D eigenvalue weighted by Crippen LogP contribution is 2.02. The van der Waals surface area contributed by atoms with Crippen molar-refractivity contribution in [3.05, 3.63) is 59.1 Å². The summed E-state index contributed by atoms with van der Waals surface area (Å²) < 4.78 is 0. The number of nitrogens with zero attached hydrogens (tertiary/aromatic N) is 2. The number of carbonyl (C=O) groups is 1. The Bertz CT molecular complexity index is 499. The zero-order valence-electron chi connectivity index (χ0n) is 8.93. The molecule has 1 aromatic heterocycles. The number of aromatic nitrogens is 2. The first-order valence-corrected chi connectivity index (χ1v) is 5.43. The molecule has 0 aliphatic carbocycles. The molecule has 0 radical (unpaired) electrons. The number of carbonyl (C=O) groups excluding carboxylic acids is 1. The molecule has 4 nitrogen and oxygen atoms in total. The van der Waals surface area contributed by atoms with E-state index in [9.17, 15) is 4.79 Å². The number of halogens is 1. The van der Waals surface area contributed by atoms with Crippen LogP contribution in [0.2, 0.25) is 5.28 Å². The third-order valence-corrected chi connectivity index (χ3v) is 2.37. The molecule has 0 aliphatic heterocycles. The van der Waals surface area contributed by atoms with Crippen molar-refractivity contribution in [1.82, 2.24) is 15.3 Å². The SMILES string of the molecule is O=C(NCc1ccccc1)c1cnc(Cl)nc1. The lowest BCUT2D eigenvalue weighted by Gasteiger charge is -2.04. The lowest BCUT2D eigenvalue weighted by molar-refractivity contribution is 0.0950. The Morgan fingerprint density at radius 3 is 2.47 bits per heavy atom. The molecule has 0 saturated heterocycles. The van der Waals surface area contributed by atoms with E-state index in [0.717, 1.165) is 5.56 Å². The van der Waals surface area contributed by atoms with Gasteiger partial charge in [0.15, 0.2) is 0 Å². The molecule has 1 aromatic carbocycles. The fourth-order valence-corrected chi connectivity index (χ4v) is 1.41. The van der Waals surface area contributed by atoms with Gasteiger partial charge in [-0.3, -0.25) is 4.79 Å². The predicted octanol–water partition coefficient (Wildman–Crippen LogP) is 2.06. The predicted molar refractivity (Wildman–Crippen MR) is 64.7 cm³/mol. The van der Waals surface area contributed by atoms with Gasteiger partial charge in [-0.05, 0) is 17.2 Å². The van der Waals surface area contributed by atoms with Crippen LogP contribution in [0.15, 0.2) is 42.7 Å². The van der Waals surface area contributed by atoms with E-state index in [1.54, 1.807) is 0 Å². The molecule has 0 spiro atoms. The second kappa shape index (κ2) is 5.41. The van der Waals surface area contributed by atoms with E-state index in [2.05, 4.69) is 15.3 Å². The summed E-state index contributed by atoms with van der Waals surface area (Å²) in [7, 11) is 0. The molecule has 0 bridgehead atoms. The lowest BCUT2D eigenvalue weighted by atomic mass is 10.2. The summed E-state index contributed by atoms with van der Waals surface area (Å²) in [6.45, 7) is 0.475. The smallest absolute Gasteiger partial charge is 0.254 e. The van der Waals surface area contributed by atoms with Crippen LogP contribution in [0.3, 0.4) is 0 Å². The first kappa shape index (κ1) is 11.5. The lowest BCUT2D eigenvalue weighted by Crippen LogP contribution is -2.23. The van der Waals surface area contributed by atoms with Gasteiger partial charge in [0, 0.05) is 18.9 Å². The number of rotatable bonds is 3. The van der Waals surface area contributed by atoms with Gasteiger partial charge in [0.25, 0.3) is 5.91 Å². The molecule has 5 heteroatoms. The molecule has 1 heterocycles. The van der Waals surface area contributed by atoms with Crippen molar-refractivity contribution in [3.8, 4) is 0 Å². The van der Waals surface area contributed by atoms with Gasteiger partial charge >= 0.3 is 0 Å². The standard InChI is InChI=1S/C12H10ClN3O/c13-12-15-7-10(8-16-12)11(17)14-6-9-4-2-1-3-5-9/h1-5,7-8H,6H2,(H,14,17). The van der Waals surface area contributed by atoms with Crippen LogP contribution in [0.5, 0.6) is 0 Å². The van der Waals surface area contributed by atoms with Gasteiger partial charge in [0.05, 0.1) is 5.56 Å². The van der Waals surface area contributed by atoms with Crippen molar-refractivity contribution >= 4 is 17.5 Å². The van der Waals surface area contributed by atoms with Crippen LogP contribution in [0.4, 0.5) is 0 Å². The van der Waals surface area contributed by atoms with Crippen molar-refractivity contribution in [2.45, 2.75) is 6.54 Å². The highest BCUT2D eigenvalue weighted by molar-refractivity contribution is 6.28. The van der Waals surface area contributed by atoms with Gasteiger partial charge in [-0.25, -0.2) is 9.97 Å². The van der Waals surface area contributed by atoms with Crippen molar-refractivity contribution in [3.63, 3.8) is 0 Å². The summed E-state index contributed by atoms with van der Waals surface area (Å²) >= 11 is 5.54. The van der Waals surface area contributed by atoms with Gasteiger partial charge < -0.3 is 5.32 Å². The molecule has 0 aliphatic rings. The van der Waals surface area contributed by atoms with Gasteiger partial charge in [-0.1, -0.05) is 30.3 Å². The molecule has 17 heavy (non-hydrogen) atoms. The highest BCUT2D eigenvalue weighted by Gasteiger charge is 2.05. The van der Waals surface area contributed by atoms with E-state index in [1.807, 2.05) is 30.3 Å². The van der Waals surface area contributed by atoms with Crippen LogP contribution in [-0.2, 0) is 6.54 Å². The number of benzene rings is 1. The van der Waals surface area contributed by atoms with E-state index in [1.165, 1.54) is 12.4 Å². The maximum atomic E-state index is 11.7. The number of nitrogens with one attached hydrogen (secondary N) is 1. The minimum Gasteiger partial charge on any atom is -0.348 e. The number of hydrogen-bond donors (Lipinski definition) is 1. The summed E-state index contributed by atoms with van der Waals surface area (Å²) in [5.41, 5.74) is 1.43. The average molecular weight is 248 g/mol. The van der Waals surface area contributed by atoms with Crippen molar-refractivity contribution < 1.29 is 4.79 Å². The van der Waals surface area contributed by atoms with Crippen LogP contribution in [0.25, 0.3) is 0 Å². The maximum Gasteiger partial charge on any atom is 0.254 e. The highest BCUT2D eigenvalue weighted by atomic mass is 35.5. The van der Waals surface area contributed by atoms with E-state index in [-0.39, 0.29) is 11.2 Å². The van der Waals surface area contributed by atoms with Crippen LogP contribution in [0, 0.1) is 0 Å². The minimum absolute atomic E-state index is 0.129. The van der Waals surface area contributed by atoms with Crippen molar-refractivity contribution in [2.75, 3.05) is 0 Å². The molecule has 0 unspecified atom stereocenters. The first-order chi connectivity index (χ1) is 8.25. The summed E-state index contributed by atoms with van der Waals surface area (Å²) in [6.07, 6.45) is 2.80. The molecule has 0 atom stereocenters. The normalized spacial score (nSPS) is 9.94. The first-order valence-electron chi connectivity index (χ1n) is 5.05. The van der Waals surface area contributed by atoms with Crippen molar-refractivity contribution in [1.29, 1.82) is 0 Å². The van der Waals surface area contributed by atoms with Gasteiger partial charge in [0.2, 0.25) is 5.28 Å². The summed E-state index contributed by atoms with van der Waals surface area (Å²) in [4.78, 5) is 19.2. The summed E-state index contributed by atoms with van der Waals surface area (Å²) in [5.74, 6) is -0.217. The summed E-state index contributed by atoms with van der Waals surface area (Å²) in [6, 6.07) is 9.66. The molecule has 86 valence electrons. The van der Waals surface area contributed by atoms with Crippen LogP contribution in [0.1, 0.15) is 15.9 Å². The summed E-state index contributed by atoms with van der Waals surface area (Å²) in [5, 5.41) is 2.90. The molecule has 1 N–H and O–H groups in total. The zero-order chi connectivity index (χ0) is 12.1. The molecule has 2 aromatic rings. The molecular weight excluding hydrogens is 238 g/mol. The van der Waals surface area contributed by atoms with Gasteiger partial charge in [0.1, 0.15) is 0 Å². The number of amides is 1. The van der Waals surface area contributed by atoms with Gasteiger partial charge in [-0.15, -0.1) is 0 Å². The third-order valence-electron chi connectivity index (χ3n) is 2.18. The maximum absolute atomic E-state index is 11.7. The minimum atomic E-state index is -0.217. The van der Waals surface area contributed by atoms with Gasteiger partial charge in [-0.2, -0.15) is 0 Å². The fourth-order valence-electron chi connectivity index (χ4n) is 1.31. The average Bonchev–Trinajstić information content (AvgIpc) is 2.38. The monoisotopic (exact) mass is 247 g/mol. The topological polar surface area (TPSA) is 54.9 Å². The Labute approximate surface area is 104 Å². The van der Waals surface area contributed by atoms with Crippen LogP contribution >= 0.6 is 11.6 Å². The Kier molecular flexibility index (Phi) is 3.67. The Hall–Kier alpha value is -1.94. The van der Waals surface area contributed by atoms with E-state index < -0.39 is 0 Å². The third kappa shape index (κ3) is 3.26. The van der Waals surface area contributed by atoms with Crippen LogP contribution < -0.4 is 5.32 Å². The largest absolute Gasteiger partial charge is 0.348 e. The van der Waals surface area contributed by atoms with Crippen LogP contribution in [-0.4, -0.2) is 15.9 Å². The molecule has 0 saturated carbocycles. The molecule has 0 fully saturated rings. The van der Waals surface area contributed by atoms with E-state index in [4.69, 9.17) is 11.6 Å².